The van der Waals surface area contributed by atoms with Crippen LogP contribution in [0.3, 0.4) is 0 Å². The summed E-state index contributed by atoms with van der Waals surface area (Å²) in [5.74, 6) is 0.738. The first-order valence-corrected chi connectivity index (χ1v) is 10.8. The van der Waals surface area contributed by atoms with Crippen molar-refractivity contribution in [2.24, 2.45) is 0 Å². The van der Waals surface area contributed by atoms with Gasteiger partial charge in [-0.1, -0.05) is 13.8 Å². The number of rotatable bonds is 5. The van der Waals surface area contributed by atoms with Gasteiger partial charge in [0.25, 0.3) is 0 Å². The summed E-state index contributed by atoms with van der Waals surface area (Å²) in [6.07, 6.45) is 2.47. The van der Waals surface area contributed by atoms with Gasteiger partial charge < -0.3 is 9.64 Å². The van der Waals surface area contributed by atoms with Crippen LogP contribution in [0.15, 0.2) is 30.3 Å². The monoisotopic (exact) mass is 447 g/mol. The molecule has 1 N–H and O–H groups in total. The van der Waals surface area contributed by atoms with Crippen LogP contribution >= 0.6 is 12.4 Å². The molecular weight excluding hydrogens is 417 g/mol. The summed E-state index contributed by atoms with van der Waals surface area (Å²) in [5.41, 5.74) is 2.61. The molecule has 1 aromatic carbocycles. The Kier molecular flexibility index (Phi) is 6.92. The minimum atomic E-state index is -0.477. The van der Waals surface area contributed by atoms with Crippen LogP contribution in [0.1, 0.15) is 63.4 Å². The number of hydrogen-bond acceptors (Lipinski definition) is 4. The van der Waals surface area contributed by atoms with Gasteiger partial charge >= 0.3 is 0 Å². The fraction of sp³-hybridized carbons (Fsp3) is 0.500. The standard InChI is InChI=1S/C24H30FN3O2.ClH/c1-5-30-17-6-7-19(25)18(14-17)16-12-21(15(2)3)26-22(13-16)20-8-9-24(27-20)10-11-28(4)23(24)29;/h6-7,12-15,20,27H,5,8-11H2,1-4H3;1H/t20-,24+;/m1./s1. The number of benzene rings is 1. The van der Waals surface area contributed by atoms with E-state index in [9.17, 15) is 9.18 Å². The number of amides is 1. The predicted molar refractivity (Wildman–Crippen MR) is 122 cm³/mol. The van der Waals surface area contributed by atoms with Crippen LogP contribution in [-0.2, 0) is 4.79 Å². The largest absolute Gasteiger partial charge is 0.494 e. The van der Waals surface area contributed by atoms with E-state index >= 15 is 0 Å². The molecule has 2 aromatic rings. The molecule has 0 unspecified atom stereocenters. The second kappa shape index (κ2) is 9.13. The Morgan fingerprint density at radius 1 is 1.29 bits per heavy atom. The van der Waals surface area contributed by atoms with E-state index in [1.807, 2.05) is 26.1 Å². The van der Waals surface area contributed by atoms with Gasteiger partial charge in [0.1, 0.15) is 17.1 Å². The van der Waals surface area contributed by atoms with Crippen molar-refractivity contribution in [3.63, 3.8) is 0 Å². The van der Waals surface area contributed by atoms with Crippen molar-refractivity contribution < 1.29 is 13.9 Å². The van der Waals surface area contributed by atoms with Crippen LogP contribution in [0, 0.1) is 5.82 Å². The summed E-state index contributed by atoms with van der Waals surface area (Å²) in [6, 6.07) is 8.75. The maximum Gasteiger partial charge on any atom is 0.242 e. The van der Waals surface area contributed by atoms with Crippen molar-refractivity contribution >= 4 is 18.3 Å². The third-order valence-electron chi connectivity index (χ3n) is 6.31. The highest BCUT2D eigenvalue weighted by molar-refractivity contribution is 5.88. The second-order valence-electron chi connectivity index (χ2n) is 8.73. The topological polar surface area (TPSA) is 54.5 Å². The Labute approximate surface area is 189 Å². The highest BCUT2D eigenvalue weighted by Crippen LogP contribution is 2.40. The first-order valence-electron chi connectivity index (χ1n) is 10.8. The highest BCUT2D eigenvalue weighted by atomic mass is 35.5. The van der Waals surface area contributed by atoms with Crippen molar-refractivity contribution in [1.82, 2.24) is 15.2 Å². The highest BCUT2D eigenvalue weighted by Gasteiger charge is 2.50. The first kappa shape index (κ1) is 23.5. The zero-order chi connectivity index (χ0) is 21.5. The average Bonchev–Trinajstić information content (AvgIpc) is 3.29. The van der Waals surface area contributed by atoms with Crippen LogP contribution in [-0.4, -0.2) is 41.5 Å². The zero-order valence-electron chi connectivity index (χ0n) is 18.6. The maximum atomic E-state index is 14.7. The van der Waals surface area contributed by atoms with Gasteiger partial charge in [0, 0.05) is 24.8 Å². The number of likely N-dealkylation sites (N-methyl/N-ethyl adjacent to an activating group) is 1. The predicted octanol–water partition coefficient (Wildman–Crippen LogP) is 4.86. The average molecular weight is 448 g/mol. The molecule has 2 saturated heterocycles. The number of halogens is 2. The molecule has 0 aliphatic carbocycles. The molecule has 0 saturated carbocycles. The number of carbonyl (C=O) groups excluding carboxylic acids is 1. The minimum Gasteiger partial charge on any atom is -0.494 e. The Hall–Kier alpha value is -2.18. The molecule has 2 atom stereocenters. The third kappa shape index (κ3) is 4.41. The summed E-state index contributed by atoms with van der Waals surface area (Å²) in [6.45, 7) is 7.39. The Bertz CT molecular complexity index is 968. The van der Waals surface area contributed by atoms with E-state index in [1.54, 1.807) is 17.0 Å². The lowest BCUT2D eigenvalue weighted by Gasteiger charge is -2.24. The smallest absolute Gasteiger partial charge is 0.242 e. The molecule has 2 aliphatic rings. The third-order valence-corrected chi connectivity index (χ3v) is 6.31. The number of nitrogens with zero attached hydrogens (tertiary/aromatic N) is 2. The normalized spacial score (nSPS) is 23.0. The first-order chi connectivity index (χ1) is 14.3. The quantitative estimate of drug-likeness (QED) is 0.711. The summed E-state index contributed by atoms with van der Waals surface area (Å²) < 4.78 is 20.3. The molecule has 168 valence electrons. The Morgan fingerprint density at radius 2 is 2.06 bits per heavy atom. The fourth-order valence-corrected chi connectivity index (χ4v) is 4.57. The molecule has 7 heteroatoms. The lowest BCUT2D eigenvalue weighted by molar-refractivity contribution is -0.131. The van der Waals surface area contributed by atoms with Crippen LogP contribution in [0.4, 0.5) is 4.39 Å². The molecule has 5 nitrogen and oxygen atoms in total. The summed E-state index contributed by atoms with van der Waals surface area (Å²) >= 11 is 0. The van der Waals surface area contributed by atoms with E-state index in [-0.39, 0.29) is 36.1 Å². The fourth-order valence-electron chi connectivity index (χ4n) is 4.57. The van der Waals surface area contributed by atoms with Gasteiger partial charge in [-0.15, -0.1) is 12.4 Å². The molecule has 2 fully saturated rings. The van der Waals surface area contributed by atoms with E-state index in [0.717, 1.165) is 42.8 Å². The maximum absolute atomic E-state index is 14.7. The summed E-state index contributed by atoms with van der Waals surface area (Å²) in [5, 5.41) is 3.58. The molecule has 0 bridgehead atoms. The number of nitrogens with one attached hydrogen (secondary N) is 1. The molecule has 3 heterocycles. The zero-order valence-corrected chi connectivity index (χ0v) is 19.4. The summed E-state index contributed by atoms with van der Waals surface area (Å²) in [4.78, 5) is 19.4. The number of carbonyl (C=O) groups is 1. The van der Waals surface area contributed by atoms with Crippen molar-refractivity contribution in [2.75, 3.05) is 20.2 Å². The van der Waals surface area contributed by atoms with E-state index in [4.69, 9.17) is 9.72 Å². The van der Waals surface area contributed by atoms with E-state index in [2.05, 4.69) is 19.2 Å². The molecule has 1 amide bonds. The van der Waals surface area contributed by atoms with Crippen LogP contribution in [0.2, 0.25) is 0 Å². The van der Waals surface area contributed by atoms with Crippen LogP contribution < -0.4 is 10.1 Å². The number of ether oxygens (including phenoxy) is 1. The van der Waals surface area contributed by atoms with E-state index in [0.29, 0.717) is 17.9 Å². The molecule has 2 aliphatic heterocycles. The minimum absolute atomic E-state index is 0. The van der Waals surface area contributed by atoms with Crippen molar-refractivity contribution in [3.05, 3.63) is 47.5 Å². The number of aromatic nitrogens is 1. The van der Waals surface area contributed by atoms with Crippen molar-refractivity contribution in [3.8, 4) is 16.9 Å². The van der Waals surface area contributed by atoms with Crippen molar-refractivity contribution in [1.29, 1.82) is 0 Å². The van der Waals surface area contributed by atoms with Crippen LogP contribution in [0.5, 0.6) is 5.75 Å². The van der Waals surface area contributed by atoms with E-state index < -0.39 is 5.54 Å². The molecule has 1 aromatic heterocycles. The van der Waals surface area contributed by atoms with Gasteiger partial charge in [0.15, 0.2) is 0 Å². The number of pyridine rings is 1. The van der Waals surface area contributed by atoms with Gasteiger partial charge in [-0.3, -0.25) is 15.1 Å². The van der Waals surface area contributed by atoms with Gasteiger partial charge in [0.2, 0.25) is 5.91 Å². The van der Waals surface area contributed by atoms with E-state index in [1.165, 1.54) is 6.07 Å². The van der Waals surface area contributed by atoms with Crippen molar-refractivity contribution in [2.45, 2.75) is 57.5 Å². The molecule has 4 rings (SSSR count). The van der Waals surface area contributed by atoms with Crippen LogP contribution in [0.25, 0.3) is 11.1 Å². The Balaban J connectivity index is 0.00000272. The second-order valence-corrected chi connectivity index (χ2v) is 8.73. The molecule has 0 radical (unpaired) electrons. The number of likely N-dealkylation sites (tertiary alicyclic amines) is 1. The SMILES string of the molecule is CCOc1ccc(F)c(-c2cc(C(C)C)nc([C@H]3CC[C@@]4(CCN(C)C4=O)N3)c2)c1.Cl. The molecule has 31 heavy (non-hydrogen) atoms. The van der Waals surface area contributed by atoms with Gasteiger partial charge in [0.05, 0.1) is 18.3 Å². The lowest BCUT2D eigenvalue weighted by Crippen LogP contribution is -2.47. The van der Waals surface area contributed by atoms with Gasteiger partial charge in [-0.05, 0) is 68.0 Å². The number of hydrogen-bond donors (Lipinski definition) is 1. The summed E-state index contributed by atoms with van der Waals surface area (Å²) in [7, 11) is 1.86. The molecular formula is C24H31ClFN3O2. The Morgan fingerprint density at radius 3 is 2.71 bits per heavy atom. The lowest BCUT2D eigenvalue weighted by atomic mass is 9.96. The molecule has 1 spiro atoms. The van der Waals surface area contributed by atoms with Gasteiger partial charge in [-0.2, -0.15) is 0 Å². The van der Waals surface area contributed by atoms with Gasteiger partial charge in [-0.25, -0.2) is 4.39 Å².